The van der Waals surface area contributed by atoms with Crippen LogP contribution >= 0.6 is 11.8 Å². The van der Waals surface area contributed by atoms with E-state index in [2.05, 4.69) is 5.32 Å². The Morgan fingerprint density at radius 1 is 1.29 bits per heavy atom. The van der Waals surface area contributed by atoms with Gasteiger partial charge in [0.05, 0.1) is 11.5 Å². The van der Waals surface area contributed by atoms with E-state index in [4.69, 9.17) is 5.11 Å². The number of carbonyl (C=O) groups excluding carboxylic acids is 1. The number of benzene rings is 1. The van der Waals surface area contributed by atoms with Crippen molar-refractivity contribution in [2.75, 3.05) is 0 Å². The molecular formula is C14H13F2NO3S. The fourth-order valence-electron chi connectivity index (χ4n) is 2.09. The molecule has 0 heterocycles. The predicted molar refractivity (Wildman–Crippen MR) is 74.4 cm³/mol. The van der Waals surface area contributed by atoms with Crippen LogP contribution in [-0.4, -0.2) is 28.8 Å². The molecule has 1 amide bonds. The summed E-state index contributed by atoms with van der Waals surface area (Å²) in [5.74, 6) is -4.67. The van der Waals surface area contributed by atoms with E-state index in [1.807, 2.05) is 0 Å². The molecule has 2 unspecified atom stereocenters. The van der Waals surface area contributed by atoms with E-state index in [0.29, 0.717) is 11.8 Å². The molecule has 0 aromatic heterocycles. The number of thioether (sulfide) groups is 1. The molecule has 2 atom stereocenters. The number of nitrogens with one attached hydrogen (secondary N) is 1. The standard InChI is InChI=1S/C14H13F2NO3S/c15-14(16)21-11-4-2-1-3-10(11)12(18)17-9-6-5-8(7-9)13(19)20/h1-6,8-9,14H,7H2,(H,17,18)(H,19,20). The molecule has 112 valence electrons. The zero-order valence-corrected chi connectivity index (χ0v) is 11.6. The number of halogens is 2. The van der Waals surface area contributed by atoms with Gasteiger partial charge in [0.1, 0.15) is 0 Å². The lowest BCUT2D eigenvalue weighted by atomic mass is 10.1. The van der Waals surface area contributed by atoms with Gasteiger partial charge in [0.2, 0.25) is 0 Å². The van der Waals surface area contributed by atoms with Crippen LogP contribution < -0.4 is 5.32 Å². The maximum absolute atomic E-state index is 12.5. The summed E-state index contributed by atoms with van der Waals surface area (Å²) in [5, 5.41) is 11.5. The fraction of sp³-hybridized carbons (Fsp3) is 0.286. The summed E-state index contributed by atoms with van der Waals surface area (Å²) in [4.78, 5) is 23.2. The van der Waals surface area contributed by atoms with E-state index >= 15 is 0 Å². The molecule has 4 nitrogen and oxygen atoms in total. The van der Waals surface area contributed by atoms with Crippen LogP contribution in [0, 0.1) is 5.92 Å². The smallest absolute Gasteiger partial charge is 0.310 e. The maximum Gasteiger partial charge on any atom is 0.310 e. The molecule has 1 aromatic carbocycles. The number of hydrogen-bond donors (Lipinski definition) is 2. The van der Waals surface area contributed by atoms with Gasteiger partial charge in [-0.3, -0.25) is 9.59 Å². The summed E-state index contributed by atoms with van der Waals surface area (Å²) in [7, 11) is 0. The molecule has 0 radical (unpaired) electrons. The molecule has 1 aliphatic rings. The second-order valence-corrected chi connectivity index (χ2v) is 5.55. The maximum atomic E-state index is 12.5. The Kier molecular flexibility index (Phi) is 4.95. The largest absolute Gasteiger partial charge is 0.481 e. The molecule has 0 saturated heterocycles. The van der Waals surface area contributed by atoms with E-state index in [1.165, 1.54) is 18.2 Å². The van der Waals surface area contributed by atoms with Gasteiger partial charge < -0.3 is 10.4 Å². The van der Waals surface area contributed by atoms with Gasteiger partial charge in [0.15, 0.2) is 0 Å². The van der Waals surface area contributed by atoms with Crippen LogP contribution in [0.2, 0.25) is 0 Å². The molecule has 2 N–H and O–H groups in total. The number of rotatable bonds is 5. The van der Waals surface area contributed by atoms with Gasteiger partial charge in [-0.25, -0.2) is 0 Å². The summed E-state index contributed by atoms with van der Waals surface area (Å²) in [6, 6.07) is 5.69. The lowest BCUT2D eigenvalue weighted by Crippen LogP contribution is -2.33. The highest BCUT2D eigenvalue weighted by atomic mass is 32.2. The molecule has 0 bridgehead atoms. The highest BCUT2D eigenvalue weighted by Gasteiger charge is 2.26. The van der Waals surface area contributed by atoms with Gasteiger partial charge in [-0.2, -0.15) is 8.78 Å². The Hall–Kier alpha value is -1.89. The topological polar surface area (TPSA) is 66.4 Å². The molecule has 0 aliphatic heterocycles. The van der Waals surface area contributed by atoms with Crippen molar-refractivity contribution in [2.24, 2.45) is 5.92 Å². The molecule has 0 spiro atoms. The van der Waals surface area contributed by atoms with Crippen molar-refractivity contribution >= 4 is 23.6 Å². The number of amides is 1. The van der Waals surface area contributed by atoms with Gasteiger partial charge in [-0.05, 0) is 18.6 Å². The summed E-state index contributed by atoms with van der Waals surface area (Å²) < 4.78 is 24.9. The Balaban J connectivity index is 2.05. The Morgan fingerprint density at radius 3 is 2.62 bits per heavy atom. The summed E-state index contributed by atoms with van der Waals surface area (Å²) in [6.07, 6.45) is 3.40. The molecular weight excluding hydrogens is 300 g/mol. The van der Waals surface area contributed by atoms with E-state index in [9.17, 15) is 18.4 Å². The van der Waals surface area contributed by atoms with Gasteiger partial charge in [0, 0.05) is 10.9 Å². The summed E-state index contributed by atoms with van der Waals surface area (Å²) in [5.41, 5.74) is 0.162. The highest BCUT2D eigenvalue weighted by Crippen LogP contribution is 2.28. The van der Waals surface area contributed by atoms with E-state index < -0.39 is 29.6 Å². The lowest BCUT2D eigenvalue weighted by molar-refractivity contribution is -0.140. The second-order valence-electron chi connectivity index (χ2n) is 4.52. The second kappa shape index (κ2) is 6.71. The average Bonchev–Trinajstić information content (AvgIpc) is 2.87. The summed E-state index contributed by atoms with van der Waals surface area (Å²) >= 11 is 0.310. The first-order chi connectivity index (χ1) is 9.97. The van der Waals surface area contributed by atoms with Crippen molar-refractivity contribution in [1.29, 1.82) is 0 Å². The van der Waals surface area contributed by atoms with Crippen molar-refractivity contribution < 1.29 is 23.5 Å². The van der Waals surface area contributed by atoms with Crippen molar-refractivity contribution in [3.8, 4) is 0 Å². The molecule has 21 heavy (non-hydrogen) atoms. The Bertz CT molecular complexity index is 577. The van der Waals surface area contributed by atoms with Gasteiger partial charge in [-0.1, -0.05) is 36.0 Å². The van der Waals surface area contributed by atoms with Crippen LogP contribution in [0.3, 0.4) is 0 Å². The molecule has 2 rings (SSSR count). The molecule has 1 aliphatic carbocycles. The molecule has 0 saturated carbocycles. The van der Waals surface area contributed by atoms with Gasteiger partial charge in [-0.15, -0.1) is 0 Å². The van der Waals surface area contributed by atoms with Crippen LogP contribution in [0.15, 0.2) is 41.3 Å². The van der Waals surface area contributed by atoms with Crippen molar-refractivity contribution in [3.05, 3.63) is 42.0 Å². The number of aliphatic carboxylic acids is 1. The Labute approximate surface area is 124 Å². The van der Waals surface area contributed by atoms with E-state index in [1.54, 1.807) is 18.2 Å². The number of carbonyl (C=O) groups is 2. The van der Waals surface area contributed by atoms with Crippen LogP contribution in [0.5, 0.6) is 0 Å². The number of carboxylic acids is 1. The molecule has 0 fully saturated rings. The van der Waals surface area contributed by atoms with Crippen LogP contribution in [0.1, 0.15) is 16.8 Å². The number of carboxylic acid groups (broad SMARTS) is 1. The third-order valence-corrected chi connectivity index (χ3v) is 3.85. The SMILES string of the molecule is O=C(NC1C=CC(C(=O)O)C1)c1ccccc1SC(F)F. The van der Waals surface area contributed by atoms with Gasteiger partial charge in [0.25, 0.3) is 11.7 Å². The van der Waals surface area contributed by atoms with E-state index in [-0.39, 0.29) is 16.9 Å². The minimum Gasteiger partial charge on any atom is -0.481 e. The fourth-order valence-corrected chi connectivity index (χ4v) is 2.73. The zero-order chi connectivity index (χ0) is 15.4. The first-order valence-corrected chi connectivity index (χ1v) is 7.11. The van der Waals surface area contributed by atoms with Crippen LogP contribution in [0.25, 0.3) is 0 Å². The van der Waals surface area contributed by atoms with Gasteiger partial charge >= 0.3 is 5.97 Å². The first-order valence-electron chi connectivity index (χ1n) is 6.23. The molecule has 7 heteroatoms. The van der Waals surface area contributed by atoms with Crippen molar-refractivity contribution in [1.82, 2.24) is 5.32 Å². The minimum atomic E-state index is -2.61. The van der Waals surface area contributed by atoms with Crippen molar-refractivity contribution in [2.45, 2.75) is 23.1 Å². The van der Waals surface area contributed by atoms with Crippen LogP contribution in [-0.2, 0) is 4.79 Å². The van der Waals surface area contributed by atoms with E-state index in [0.717, 1.165) is 0 Å². The summed E-state index contributed by atoms with van der Waals surface area (Å²) in [6.45, 7) is 0. The molecule has 1 aromatic rings. The first kappa shape index (κ1) is 15.5. The third kappa shape index (κ3) is 4.04. The van der Waals surface area contributed by atoms with Crippen molar-refractivity contribution in [3.63, 3.8) is 0 Å². The average molecular weight is 313 g/mol. The third-order valence-electron chi connectivity index (χ3n) is 3.07. The zero-order valence-electron chi connectivity index (χ0n) is 10.8. The number of hydrogen-bond acceptors (Lipinski definition) is 3. The quantitative estimate of drug-likeness (QED) is 0.648. The lowest BCUT2D eigenvalue weighted by Gasteiger charge is -2.14. The highest BCUT2D eigenvalue weighted by molar-refractivity contribution is 7.99. The predicted octanol–water partition coefficient (Wildman–Crippen LogP) is 2.76. The number of alkyl halides is 2. The Morgan fingerprint density at radius 2 is 2.00 bits per heavy atom. The minimum absolute atomic E-state index is 0.162. The monoisotopic (exact) mass is 313 g/mol. The normalized spacial score (nSPS) is 20.7. The van der Waals surface area contributed by atoms with Crippen LogP contribution in [0.4, 0.5) is 8.78 Å².